The normalized spacial score (nSPS) is 18.2. The standard InChI is InChI=1S/C12H16ClN/c1-8-6-10(4-5-11(8)13)12(14)7-9-2-3-9/h4-6,9,12H,2-3,7,14H2,1H3. The summed E-state index contributed by atoms with van der Waals surface area (Å²) in [6.07, 6.45) is 3.85. The van der Waals surface area contributed by atoms with Gasteiger partial charge in [0.1, 0.15) is 0 Å². The van der Waals surface area contributed by atoms with Crippen LogP contribution >= 0.6 is 11.6 Å². The van der Waals surface area contributed by atoms with Crippen molar-refractivity contribution in [3.63, 3.8) is 0 Å². The number of halogens is 1. The Labute approximate surface area is 90.3 Å². The van der Waals surface area contributed by atoms with E-state index in [1.807, 2.05) is 19.1 Å². The summed E-state index contributed by atoms with van der Waals surface area (Å²) >= 11 is 5.96. The Morgan fingerprint density at radius 3 is 2.79 bits per heavy atom. The van der Waals surface area contributed by atoms with Crippen LogP contribution in [0.4, 0.5) is 0 Å². The minimum Gasteiger partial charge on any atom is -0.324 e. The van der Waals surface area contributed by atoms with Crippen LogP contribution in [0.25, 0.3) is 0 Å². The molecule has 1 unspecified atom stereocenters. The van der Waals surface area contributed by atoms with Gasteiger partial charge in [-0.3, -0.25) is 0 Å². The molecule has 2 N–H and O–H groups in total. The Balaban J connectivity index is 2.10. The van der Waals surface area contributed by atoms with E-state index in [1.165, 1.54) is 18.4 Å². The molecule has 1 fully saturated rings. The fraction of sp³-hybridized carbons (Fsp3) is 0.500. The molecule has 1 saturated carbocycles. The number of aryl methyl sites for hydroxylation is 1. The van der Waals surface area contributed by atoms with Gasteiger partial charge in [-0.2, -0.15) is 0 Å². The molecule has 76 valence electrons. The zero-order chi connectivity index (χ0) is 10.1. The number of rotatable bonds is 3. The van der Waals surface area contributed by atoms with Crippen LogP contribution in [0.15, 0.2) is 18.2 Å². The van der Waals surface area contributed by atoms with Gasteiger partial charge in [0.15, 0.2) is 0 Å². The fourth-order valence-corrected chi connectivity index (χ4v) is 1.86. The lowest BCUT2D eigenvalue weighted by molar-refractivity contribution is 0.597. The summed E-state index contributed by atoms with van der Waals surface area (Å²) in [5.41, 5.74) is 8.45. The summed E-state index contributed by atoms with van der Waals surface area (Å²) in [7, 11) is 0. The number of hydrogen-bond donors (Lipinski definition) is 1. The summed E-state index contributed by atoms with van der Waals surface area (Å²) < 4.78 is 0. The smallest absolute Gasteiger partial charge is 0.0435 e. The van der Waals surface area contributed by atoms with Gasteiger partial charge >= 0.3 is 0 Å². The molecule has 0 radical (unpaired) electrons. The molecule has 1 nitrogen and oxygen atoms in total. The predicted molar refractivity (Wildman–Crippen MR) is 60.5 cm³/mol. The third-order valence-electron chi connectivity index (χ3n) is 2.89. The maximum absolute atomic E-state index is 6.11. The van der Waals surface area contributed by atoms with Crippen molar-refractivity contribution in [2.24, 2.45) is 11.7 Å². The van der Waals surface area contributed by atoms with Gasteiger partial charge in [-0.25, -0.2) is 0 Å². The van der Waals surface area contributed by atoms with Gasteiger partial charge in [0, 0.05) is 11.1 Å². The van der Waals surface area contributed by atoms with E-state index in [0.29, 0.717) is 0 Å². The van der Waals surface area contributed by atoms with Crippen molar-refractivity contribution in [1.82, 2.24) is 0 Å². The minimum absolute atomic E-state index is 0.193. The molecule has 0 amide bonds. The van der Waals surface area contributed by atoms with Crippen molar-refractivity contribution in [3.8, 4) is 0 Å². The molecule has 2 heteroatoms. The monoisotopic (exact) mass is 209 g/mol. The second kappa shape index (κ2) is 3.92. The molecule has 0 aromatic heterocycles. The van der Waals surface area contributed by atoms with E-state index in [-0.39, 0.29) is 6.04 Å². The van der Waals surface area contributed by atoms with Gasteiger partial charge in [-0.1, -0.05) is 36.6 Å². The summed E-state index contributed by atoms with van der Waals surface area (Å²) in [6.45, 7) is 2.02. The zero-order valence-corrected chi connectivity index (χ0v) is 9.22. The molecular weight excluding hydrogens is 194 g/mol. The highest BCUT2D eigenvalue weighted by molar-refractivity contribution is 6.31. The number of nitrogens with two attached hydrogens (primary N) is 1. The molecular formula is C12H16ClN. The van der Waals surface area contributed by atoms with Crippen LogP contribution in [0.5, 0.6) is 0 Å². The number of benzene rings is 1. The molecule has 0 saturated heterocycles. The molecule has 1 aromatic carbocycles. The first-order valence-corrected chi connectivity index (χ1v) is 5.56. The first-order chi connectivity index (χ1) is 6.66. The lowest BCUT2D eigenvalue weighted by Crippen LogP contribution is -2.11. The van der Waals surface area contributed by atoms with E-state index in [1.54, 1.807) is 0 Å². The van der Waals surface area contributed by atoms with Gasteiger partial charge in [0.25, 0.3) is 0 Å². The first kappa shape index (κ1) is 10.0. The molecule has 0 bridgehead atoms. The third kappa shape index (κ3) is 2.28. The molecule has 14 heavy (non-hydrogen) atoms. The van der Waals surface area contributed by atoms with Crippen LogP contribution in [0.2, 0.25) is 5.02 Å². The van der Waals surface area contributed by atoms with Gasteiger partial charge in [0.05, 0.1) is 0 Å². The van der Waals surface area contributed by atoms with Crippen molar-refractivity contribution in [1.29, 1.82) is 0 Å². The average Bonchev–Trinajstić information content (AvgIpc) is 2.93. The van der Waals surface area contributed by atoms with E-state index in [0.717, 1.165) is 22.9 Å². The highest BCUT2D eigenvalue weighted by Crippen LogP contribution is 2.37. The lowest BCUT2D eigenvalue weighted by atomic mass is 10.0. The number of hydrogen-bond acceptors (Lipinski definition) is 1. The van der Waals surface area contributed by atoms with Crippen LogP contribution in [0.3, 0.4) is 0 Å². The summed E-state index contributed by atoms with van der Waals surface area (Å²) in [6, 6.07) is 6.29. The van der Waals surface area contributed by atoms with E-state index in [9.17, 15) is 0 Å². The van der Waals surface area contributed by atoms with Crippen molar-refractivity contribution in [2.45, 2.75) is 32.2 Å². The van der Waals surface area contributed by atoms with E-state index < -0.39 is 0 Å². The van der Waals surface area contributed by atoms with Crippen LogP contribution in [0.1, 0.15) is 36.4 Å². The lowest BCUT2D eigenvalue weighted by Gasteiger charge is -2.12. The highest BCUT2D eigenvalue weighted by Gasteiger charge is 2.24. The minimum atomic E-state index is 0.193. The Morgan fingerprint density at radius 2 is 2.21 bits per heavy atom. The van der Waals surface area contributed by atoms with Crippen molar-refractivity contribution in [2.75, 3.05) is 0 Å². The maximum atomic E-state index is 6.11. The van der Waals surface area contributed by atoms with Crippen LogP contribution in [0, 0.1) is 12.8 Å². The fourth-order valence-electron chi connectivity index (χ4n) is 1.75. The zero-order valence-electron chi connectivity index (χ0n) is 8.46. The van der Waals surface area contributed by atoms with Crippen LogP contribution < -0.4 is 5.73 Å². The Bertz CT molecular complexity index is 331. The molecule has 2 rings (SSSR count). The Hall–Kier alpha value is -0.530. The summed E-state index contributed by atoms with van der Waals surface area (Å²) in [5.74, 6) is 0.876. The largest absolute Gasteiger partial charge is 0.324 e. The van der Waals surface area contributed by atoms with Crippen molar-refractivity contribution < 1.29 is 0 Å². The Morgan fingerprint density at radius 1 is 1.50 bits per heavy atom. The van der Waals surface area contributed by atoms with E-state index >= 15 is 0 Å². The van der Waals surface area contributed by atoms with E-state index in [2.05, 4.69) is 6.07 Å². The highest BCUT2D eigenvalue weighted by atomic mass is 35.5. The van der Waals surface area contributed by atoms with Gasteiger partial charge in [-0.05, 0) is 36.5 Å². The third-order valence-corrected chi connectivity index (χ3v) is 3.32. The molecule has 1 aliphatic carbocycles. The van der Waals surface area contributed by atoms with Crippen LogP contribution in [-0.4, -0.2) is 0 Å². The summed E-state index contributed by atoms with van der Waals surface area (Å²) in [5, 5.41) is 0.826. The summed E-state index contributed by atoms with van der Waals surface area (Å²) in [4.78, 5) is 0. The first-order valence-electron chi connectivity index (χ1n) is 5.18. The second-order valence-electron chi connectivity index (χ2n) is 4.29. The van der Waals surface area contributed by atoms with Gasteiger partial charge in [0.2, 0.25) is 0 Å². The van der Waals surface area contributed by atoms with Gasteiger partial charge in [-0.15, -0.1) is 0 Å². The molecule has 1 atom stereocenters. The average molecular weight is 210 g/mol. The maximum Gasteiger partial charge on any atom is 0.0435 e. The second-order valence-corrected chi connectivity index (χ2v) is 4.70. The SMILES string of the molecule is Cc1cc(C(N)CC2CC2)ccc1Cl. The molecule has 1 aliphatic rings. The quantitative estimate of drug-likeness (QED) is 0.811. The molecule has 0 spiro atoms. The molecule has 0 aliphatic heterocycles. The van der Waals surface area contributed by atoms with Crippen LogP contribution in [-0.2, 0) is 0 Å². The Kier molecular flexibility index (Phi) is 2.80. The topological polar surface area (TPSA) is 26.0 Å². The molecule has 0 heterocycles. The van der Waals surface area contributed by atoms with E-state index in [4.69, 9.17) is 17.3 Å². The van der Waals surface area contributed by atoms with Crippen molar-refractivity contribution in [3.05, 3.63) is 34.3 Å². The predicted octanol–water partition coefficient (Wildman–Crippen LogP) is 3.45. The van der Waals surface area contributed by atoms with Gasteiger partial charge < -0.3 is 5.73 Å². The molecule has 1 aromatic rings. The van der Waals surface area contributed by atoms with Crippen molar-refractivity contribution >= 4 is 11.6 Å².